The second-order valence-corrected chi connectivity index (χ2v) is 27.9. The highest BCUT2D eigenvalue weighted by Crippen LogP contribution is 2.16. The summed E-state index contributed by atoms with van der Waals surface area (Å²) in [6.45, 7) is 4.49. The van der Waals surface area contributed by atoms with Crippen molar-refractivity contribution in [2.45, 2.75) is 309 Å². The minimum Gasteiger partial charge on any atom is -0.545 e. The first-order valence-electron chi connectivity index (χ1n) is 41.5. The number of allylic oxidation sites excluding steroid dienone is 38. The van der Waals surface area contributed by atoms with Gasteiger partial charge in [-0.3, -0.25) is 9.59 Å². The molecule has 0 aliphatic carbocycles. The fourth-order valence-electron chi connectivity index (χ4n) is 10.7. The van der Waals surface area contributed by atoms with Crippen molar-refractivity contribution in [2.75, 3.05) is 47.5 Å². The highest BCUT2D eigenvalue weighted by atomic mass is 16.7. The second kappa shape index (κ2) is 83.0. The topological polar surface area (TPSA) is 111 Å². The summed E-state index contributed by atoms with van der Waals surface area (Å²) < 4.78 is 22.8. The van der Waals surface area contributed by atoms with Crippen LogP contribution < -0.4 is 5.11 Å². The Bertz CT molecular complexity index is 2590. The molecule has 0 radical (unpaired) electrons. The normalized spacial score (nSPS) is 13.9. The number of nitrogens with zero attached hydrogens (tertiary/aromatic N) is 1. The van der Waals surface area contributed by atoms with Gasteiger partial charge in [-0.25, -0.2) is 0 Å². The molecule has 0 aliphatic heterocycles. The zero-order chi connectivity index (χ0) is 76.0. The number of carboxylic acids is 1. The van der Waals surface area contributed by atoms with Crippen molar-refractivity contribution in [1.82, 2.24) is 0 Å². The lowest BCUT2D eigenvalue weighted by Crippen LogP contribution is -2.44. The molecule has 0 N–H and O–H groups in total. The van der Waals surface area contributed by atoms with Gasteiger partial charge in [-0.1, -0.05) is 354 Å². The predicted octanol–water partition coefficient (Wildman–Crippen LogP) is 26.0. The largest absolute Gasteiger partial charge is 0.545 e. The molecule has 588 valence electrons. The smallest absolute Gasteiger partial charge is 0.306 e. The lowest BCUT2D eigenvalue weighted by molar-refractivity contribution is -0.870. The first-order valence-corrected chi connectivity index (χ1v) is 41.5. The molecule has 0 bridgehead atoms. The number of hydrogen-bond donors (Lipinski definition) is 0. The number of hydrogen-bond acceptors (Lipinski definition) is 8. The van der Waals surface area contributed by atoms with E-state index in [1.54, 1.807) is 0 Å². The fraction of sp³-hybridized carbons (Fsp3) is 0.573. The first-order chi connectivity index (χ1) is 51.6. The van der Waals surface area contributed by atoms with Crippen molar-refractivity contribution in [3.63, 3.8) is 0 Å². The maximum Gasteiger partial charge on any atom is 0.306 e. The predicted molar refractivity (Wildman–Crippen MR) is 453 cm³/mol. The number of ether oxygens (including phenoxy) is 4. The Balaban J connectivity index is 4.13. The van der Waals surface area contributed by atoms with Crippen molar-refractivity contribution in [3.05, 3.63) is 231 Å². The van der Waals surface area contributed by atoms with Crippen molar-refractivity contribution < 1.29 is 42.9 Å². The maximum absolute atomic E-state index is 13.0. The minimum atomic E-state index is -1.64. The molecule has 0 amide bonds. The molecule has 0 aliphatic rings. The highest BCUT2D eigenvalue weighted by molar-refractivity contribution is 5.70. The van der Waals surface area contributed by atoms with E-state index in [0.717, 1.165) is 173 Å². The summed E-state index contributed by atoms with van der Waals surface area (Å²) in [5.74, 6) is -2.31. The molecule has 0 saturated heterocycles. The number of carboxylic acid groups (broad SMARTS) is 1. The summed E-state index contributed by atoms with van der Waals surface area (Å²) in [5.41, 5.74) is 0. The Hall–Kier alpha value is -6.65. The van der Waals surface area contributed by atoms with Gasteiger partial charge in [-0.05, 0) is 161 Å². The van der Waals surface area contributed by atoms with E-state index >= 15 is 0 Å². The van der Waals surface area contributed by atoms with Gasteiger partial charge < -0.3 is 33.3 Å². The van der Waals surface area contributed by atoms with Crippen LogP contribution in [0.5, 0.6) is 0 Å². The van der Waals surface area contributed by atoms with Crippen LogP contribution in [0.15, 0.2) is 231 Å². The summed E-state index contributed by atoms with van der Waals surface area (Å²) in [4.78, 5) is 37.7. The Morgan fingerprint density at radius 3 is 0.762 bits per heavy atom. The van der Waals surface area contributed by atoms with Crippen molar-refractivity contribution in [2.24, 2.45) is 0 Å². The zero-order valence-electron chi connectivity index (χ0n) is 67.2. The SMILES string of the molecule is CC/C=C\C/C=C\C/C=C\C/C=C\C/C=C\C/C=C\C/C=C\C/C=C\C/C=C\C/C=C\CCCCCCCCCCC(=O)OC(COC(=O)CCCCCCCCCCCCCCC/C=C\C/C=C\C/C=C\C/C=C\C/C=C\C/C=C\C/C=C\C/C=C\C/C=C\CC)COC(OCC[N+](C)(C)C)C(=O)[O-]. The van der Waals surface area contributed by atoms with E-state index in [0.29, 0.717) is 17.4 Å². The van der Waals surface area contributed by atoms with E-state index in [2.05, 4.69) is 245 Å². The maximum atomic E-state index is 13.0. The van der Waals surface area contributed by atoms with Crippen LogP contribution in [0.4, 0.5) is 0 Å². The highest BCUT2D eigenvalue weighted by Gasteiger charge is 2.22. The number of esters is 2. The summed E-state index contributed by atoms with van der Waals surface area (Å²) >= 11 is 0. The summed E-state index contributed by atoms with van der Waals surface area (Å²) in [7, 11) is 5.92. The molecule has 0 heterocycles. The second-order valence-electron chi connectivity index (χ2n) is 27.9. The van der Waals surface area contributed by atoms with E-state index in [9.17, 15) is 19.5 Å². The van der Waals surface area contributed by atoms with E-state index < -0.39 is 24.3 Å². The molecule has 0 fully saturated rings. The number of rotatable bonds is 74. The lowest BCUT2D eigenvalue weighted by Gasteiger charge is -2.26. The number of aliphatic carboxylic acids is 1. The van der Waals surface area contributed by atoms with E-state index in [-0.39, 0.29) is 38.6 Å². The third kappa shape index (κ3) is 84.5. The van der Waals surface area contributed by atoms with E-state index in [1.165, 1.54) is 89.9 Å². The van der Waals surface area contributed by atoms with Gasteiger partial charge in [0.25, 0.3) is 0 Å². The standard InChI is InChI=1S/C96H151NO8/c1-6-8-10-12-14-16-18-20-22-24-26-28-30-32-34-36-38-40-42-44-46-47-49-50-52-54-56-58-60-62-64-66-68-70-72-74-76-78-80-82-84-86-93(98)103-90-92(91-104-96(95(100)101)102-89-88-97(3,4)5)105-94(99)87-85-83-81-79-77-75-73-71-69-67-65-63-61-59-57-55-53-51-48-45-43-41-39-37-35-33-31-29-27-25-23-21-19-17-15-13-11-9-7-2/h8-11,14-17,20-23,26-29,32-35,38-41,44-46,48-50,53-56,59,61,65,67,92,96H,6-7,12-13,18-19,24-25,30-31,36-37,42-43,47,51-52,57-58,60,62-64,66,68-91H2,1-5H3/b10-8-,11-9-,16-14-,17-15-,22-20-,23-21-,28-26-,29-27-,34-32-,35-33-,40-38-,41-39-,46-44-,48-45-,50-49-,55-53-,56-54-,61-59-,67-65-. The van der Waals surface area contributed by atoms with Gasteiger partial charge in [-0.15, -0.1) is 0 Å². The molecule has 9 heteroatoms. The van der Waals surface area contributed by atoms with E-state index in [4.69, 9.17) is 18.9 Å². The van der Waals surface area contributed by atoms with E-state index in [1.807, 2.05) is 21.1 Å². The molecule has 0 aromatic rings. The number of carbonyl (C=O) groups is 3. The van der Waals surface area contributed by atoms with Crippen LogP contribution in [0.3, 0.4) is 0 Å². The van der Waals surface area contributed by atoms with Gasteiger partial charge in [-0.2, -0.15) is 0 Å². The molecule has 0 aromatic carbocycles. The minimum absolute atomic E-state index is 0.135. The van der Waals surface area contributed by atoms with Crippen molar-refractivity contribution in [1.29, 1.82) is 0 Å². The number of carbonyl (C=O) groups excluding carboxylic acids is 3. The summed E-state index contributed by atoms with van der Waals surface area (Å²) in [6.07, 6.45) is 129. The molecule has 9 nitrogen and oxygen atoms in total. The van der Waals surface area contributed by atoms with Gasteiger partial charge >= 0.3 is 11.9 Å². The van der Waals surface area contributed by atoms with Crippen LogP contribution in [-0.2, 0) is 33.3 Å². The molecule has 2 unspecified atom stereocenters. The Labute approximate surface area is 644 Å². The van der Waals surface area contributed by atoms with Gasteiger partial charge in [0.05, 0.1) is 40.3 Å². The third-order valence-electron chi connectivity index (χ3n) is 16.9. The quantitative estimate of drug-likeness (QED) is 0.0195. The average molecular weight is 1450 g/mol. The first kappa shape index (κ1) is 98.4. The Morgan fingerprint density at radius 2 is 0.514 bits per heavy atom. The van der Waals surface area contributed by atoms with Crippen LogP contribution in [0, 0.1) is 0 Å². The fourth-order valence-corrected chi connectivity index (χ4v) is 10.7. The zero-order valence-corrected chi connectivity index (χ0v) is 67.2. The molecule has 0 saturated carbocycles. The van der Waals surface area contributed by atoms with Gasteiger partial charge in [0.2, 0.25) is 0 Å². The number of likely N-dealkylation sites (N-methyl/N-ethyl adjacent to an activating group) is 1. The van der Waals surface area contributed by atoms with Crippen molar-refractivity contribution in [3.8, 4) is 0 Å². The summed E-state index contributed by atoms with van der Waals surface area (Å²) in [6, 6.07) is 0. The third-order valence-corrected chi connectivity index (χ3v) is 16.9. The van der Waals surface area contributed by atoms with Gasteiger partial charge in [0, 0.05) is 12.8 Å². The van der Waals surface area contributed by atoms with Gasteiger partial charge in [0.15, 0.2) is 12.4 Å². The Morgan fingerprint density at radius 1 is 0.286 bits per heavy atom. The van der Waals surface area contributed by atoms with Crippen LogP contribution in [0.25, 0.3) is 0 Å². The number of unbranched alkanes of at least 4 members (excludes halogenated alkanes) is 21. The van der Waals surface area contributed by atoms with Crippen LogP contribution in [-0.4, -0.2) is 82.3 Å². The molecular formula is C96H151NO8. The average Bonchev–Trinajstić information content (AvgIpc) is 1.97. The molecule has 2 atom stereocenters. The molecule has 0 rings (SSSR count). The molecular weight excluding hydrogens is 1300 g/mol. The van der Waals surface area contributed by atoms with Crippen LogP contribution in [0.2, 0.25) is 0 Å². The molecule has 0 aromatic heterocycles. The molecule has 105 heavy (non-hydrogen) atoms. The van der Waals surface area contributed by atoms with Gasteiger partial charge in [0.1, 0.15) is 13.2 Å². The lowest BCUT2D eigenvalue weighted by atomic mass is 10.0. The van der Waals surface area contributed by atoms with Crippen LogP contribution in [0.1, 0.15) is 296 Å². The van der Waals surface area contributed by atoms with Crippen LogP contribution >= 0.6 is 0 Å². The molecule has 0 spiro atoms. The Kier molecular flexibility index (Phi) is 77.7. The number of quaternary nitrogens is 1. The van der Waals surface area contributed by atoms with Crippen molar-refractivity contribution >= 4 is 17.9 Å². The summed E-state index contributed by atoms with van der Waals surface area (Å²) in [5, 5.41) is 11.9. The monoisotopic (exact) mass is 1450 g/mol.